The van der Waals surface area contributed by atoms with Crippen LogP contribution in [0.2, 0.25) is 0 Å². The molecule has 2 aromatic heterocycles. The average molecular weight is 203 g/mol. The van der Waals surface area contributed by atoms with Gasteiger partial charge in [0.25, 0.3) is 0 Å². The van der Waals surface area contributed by atoms with Crippen molar-refractivity contribution < 1.29 is 4.52 Å². The van der Waals surface area contributed by atoms with E-state index in [-0.39, 0.29) is 0 Å². The number of rotatable bonds is 4. The highest BCUT2D eigenvalue weighted by Crippen LogP contribution is 2.18. The number of pyridine rings is 1. The highest BCUT2D eigenvalue weighted by atomic mass is 16.5. The molecule has 0 spiro atoms. The smallest absolute Gasteiger partial charge is 0.131 e. The van der Waals surface area contributed by atoms with Gasteiger partial charge in [-0.05, 0) is 37.1 Å². The van der Waals surface area contributed by atoms with Gasteiger partial charge in [0.05, 0.1) is 6.20 Å². The zero-order valence-electron chi connectivity index (χ0n) is 8.39. The maximum atomic E-state index is 5.46. The van der Waals surface area contributed by atoms with E-state index in [1.807, 2.05) is 12.1 Å². The van der Waals surface area contributed by atoms with Crippen molar-refractivity contribution in [3.05, 3.63) is 36.5 Å². The molecule has 0 atom stereocenters. The van der Waals surface area contributed by atoms with E-state index < -0.39 is 0 Å². The van der Waals surface area contributed by atoms with Crippen LogP contribution in [-0.2, 0) is 6.42 Å². The molecule has 0 aliphatic rings. The van der Waals surface area contributed by atoms with Crippen molar-refractivity contribution in [2.45, 2.75) is 12.8 Å². The van der Waals surface area contributed by atoms with Gasteiger partial charge in [-0.15, -0.1) is 0 Å². The van der Waals surface area contributed by atoms with Crippen molar-refractivity contribution in [3.8, 4) is 11.1 Å². The maximum absolute atomic E-state index is 5.46. The first-order valence-electron chi connectivity index (χ1n) is 4.95. The van der Waals surface area contributed by atoms with Crippen LogP contribution in [0.3, 0.4) is 0 Å². The number of hydrogen-bond acceptors (Lipinski definition) is 4. The molecule has 4 heteroatoms. The predicted molar refractivity (Wildman–Crippen MR) is 57.1 cm³/mol. The predicted octanol–water partition coefficient (Wildman–Crippen LogP) is 1.63. The molecule has 2 heterocycles. The van der Waals surface area contributed by atoms with E-state index >= 15 is 0 Å². The molecule has 0 unspecified atom stereocenters. The Morgan fingerprint density at radius 2 is 2.27 bits per heavy atom. The number of nitrogens with two attached hydrogens (primary N) is 1. The van der Waals surface area contributed by atoms with Crippen LogP contribution in [-0.4, -0.2) is 16.7 Å². The van der Waals surface area contributed by atoms with Gasteiger partial charge in [-0.3, -0.25) is 4.98 Å². The first kappa shape index (κ1) is 9.86. The van der Waals surface area contributed by atoms with Gasteiger partial charge in [0, 0.05) is 17.5 Å². The van der Waals surface area contributed by atoms with Gasteiger partial charge in [0.15, 0.2) is 0 Å². The molecule has 0 aromatic carbocycles. The number of aryl methyl sites for hydroxylation is 1. The van der Waals surface area contributed by atoms with Gasteiger partial charge in [0.2, 0.25) is 0 Å². The molecule has 2 N–H and O–H groups in total. The van der Waals surface area contributed by atoms with E-state index in [4.69, 9.17) is 10.3 Å². The summed E-state index contributed by atoms with van der Waals surface area (Å²) in [6, 6.07) is 3.99. The average Bonchev–Trinajstić information content (AvgIpc) is 2.80. The largest absolute Gasteiger partial charge is 0.364 e. The molecule has 0 fully saturated rings. The van der Waals surface area contributed by atoms with Gasteiger partial charge >= 0.3 is 0 Å². The van der Waals surface area contributed by atoms with E-state index in [9.17, 15) is 0 Å². The van der Waals surface area contributed by atoms with Crippen LogP contribution in [0.5, 0.6) is 0 Å². The Balaban J connectivity index is 2.19. The lowest BCUT2D eigenvalue weighted by molar-refractivity contribution is 0.420. The summed E-state index contributed by atoms with van der Waals surface area (Å²) in [5.41, 5.74) is 8.57. The lowest BCUT2D eigenvalue weighted by Crippen LogP contribution is -2.01. The summed E-state index contributed by atoms with van der Waals surface area (Å²) in [6.45, 7) is 0.694. The van der Waals surface area contributed by atoms with Crippen LogP contribution in [0.15, 0.2) is 35.3 Å². The molecular weight excluding hydrogens is 190 g/mol. The fourth-order valence-corrected chi connectivity index (χ4v) is 1.43. The number of aromatic nitrogens is 2. The van der Waals surface area contributed by atoms with Gasteiger partial charge in [-0.2, -0.15) is 0 Å². The van der Waals surface area contributed by atoms with Gasteiger partial charge in [-0.25, -0.2) is 0 Å². The van der Waals surface area contributed by atoms with Crippen molar-refractivity contribution >= 4 is 0 Å². The lowest BCUT2D eigenvalue weighted by Gasteiger charge is -2.01. The highest BCUT2D eigenvalue weighted by molar-refractivity contribution is 5.60. The Kier molecular flexibility index (Phi) is 3.09. The first-order valence-corrected chi connectivity index (χ1v) is 4.95. The van der Waals surface area contributed by atoms with Crippen molar-refractivity contribution in [1.82, 2.24) is 10.1 Å². The molecule has 2 rings (SSSR count). The fraction of sp³-hybridized carbons (Fsp3) is 0.273. The van der Waals surface area contributed by atoms with Crippen LogP contribution in [0.1, 0.15) is 12.1 Å². The number of nitrogens with zero attached hydrogens (tertiary/aromatic N) is 2. The van der Waals surface area contributed by atoms with Crippen molar-refractivity contribution in [2.24, 2.45) is 5.73 Å². The third-order valence-electron chi connectivity index (χ3n) is 2.22. The van der Waals surface area contributed by atoms with Crippen LogP contribution in [0, 0.1) is 0 Å². The molecule has 0 aliphatic carbocycles. The quantitative estimate of drug-likeness (QED) is 0.820. The van der Waals surface area contributed by atoms with Crippen molar-refractivity contribution in [3.63, 3.8) is 0 Å². The fourth-order valence-electron chi connectivity index (χ4n) is 1.43. The summed E-state index contributed by atoms with van der Waals surface area (Å²) in [6.07, 6.45) is 6.99. The van der Waals surface area contributed by atoms with E-state index in [2.05, 4.69) is 10.1 Å². The molecule has 0 aliphatic heterocycles. The standard InChI is InChI=1S/C11H13N3O/c12-4-1-2-11-6-9(3-5-13-11)10-7-14-15-8-10/h3,5-8H,1-2,4,12H2. The molecule has 0 amide bonds. The van der Waals surface area contributed by atoms with Gasteiger partial charge < -0.3 is 10.3 Å². The van der Waals surface area contributed by atoms with Crippen molar-refractivity contribution in [2.75, 3.05) is 6.54 Å². The second-order valence-corrected chi connectivity index (χ2v) is 3.34. The molecule has 15 heavy (non-hydrogen) atoms. The zero-order chi connectivity index (χ0) is 10.5. The molecule has 0 bridgehead atoms. The summed E-state index contributed by atoms with van der Waals surface area (Å²) < 4.78 is 4.80. The summed E-state index contributed by atoms with van der Waals surface area (Å²) in [5.74, 6) is 0. The van der Waals surface area contributed by atoms with E-state index in [1.165, 1.54) is 0 Å². The third-order valence-corrected chi connectivity index (χ3v) is 2.22. The normalized spacial score (nSPS) is 10.5. The minimum Gasteiger partial charge on any atom is -0.364 e. The molecule has 0 saturated heterocycles. The van der Waals surface area contributed by atoms with Crippen LogP contribution < -0.4 is 5.73 Å². The monoisotopic (exact) mass is 203 g/mol. The van der Waals surface area contributed by atoms with E-state index in [0.717, 1.165) is 29.7 Å². The second kappa shape index (κ2) is 4.70. The number of hydrogen-bond donors (Lipinski definition) is 1. The molecule has 2 aromatic rings. The Hall–Kier alpha value is -1.68. The van der Waals surface area contributed by atoms with Gasteiger partial charge in [-0.1, -0.05) is 5.16 Å². The highest BCUT2D eigenvalue weighted by Gasteiger charge is 2.01. The Labute approximate surface area is 88.1 Å². The van der Waals surface area contributed by atoms with Crippen LogP contribution >= 0.6 is 0 Å². The molecule has 0 saturated carbocycles. The summed E-state index contributed by atoms with van der Waals surface area (Å²) in [7, 11) is 0. The second-order valence-electron chi connectivity index (χ2n) is 3.34. The Morgan fingerprint density at radius 1 is 1.33 bits per heavy atom. The molecule has 0 radical (unpaired) electrons. The first-order chi connectivity index (χ1) is 7.40. The van der Waals surface area contributed by atoms with Crippen molar-refractivity contribution in [1.29, 1.82) is 0 Å². The van der Waals surface area contributed by atoms with E-state index in [1.54, 1.807) is 18.7 Å². The summed E-state index contributed by atoms with van der Waals surface area (Å²) >= 11 is 0. The van der Waals surface area contributed by atoms with Crippen LogP contribution in [0.4, 0.5) is 0 Å². The molecular formula is C11H13N3O. The minimum absolute atomic E-state index is 0.694. The topological polar surface area (TPSA) is 64.9 Å². The molecule has 78 valence electrons. The minimum atomic E-state index is 0.694. The third kappa shape index (κ3) is 2.41. The Morgan fingerprint density at radius 3 is 3.00 bits per heavy atom. The zero-order valence-corrected chi connectivity index (χ0v) is 8.39. The molecule has 4 nitrogen and oxygen atoms in total. The SMILES string of the molecule is NCCCc1cc(-c2cnoc2)ccn1. The maximum Gasteiger partial charge on any atom is 0.131 e. The lowest BCUT2D eigenvalue weighted by atomic mass is 10.1. The van der Waals surface area contributed by atoms with E-state index in [0.29, 0.717) is 6.54 Å². The van der Waals surface area contributed by atoms with Gasteiger partial charge in [0.1, 0.15) is 6.26 Å². The summed E-state index contributed by atoms with van der Waals surface area (Å²) in [5, 5.41) is 3.67. The van der Waals surface area contributed by atoms with Crippen LogP contribution in [0.25, 0.3) is 11.1 Å². The Bertz CT molecular complexity index is 412. The summed E-state index contributed by atoms with van der Waals surface area (Å²) in [4.78, 5) is 4.28.